The third-order valence-corrected chi connectivity index (χ3v) is 7.69. The standard InChI is InChI=1S/C39H36N4O3/c1-28-35(43-39(46-28)31-14-6-3-7-15-31)23-25-45-33-21-19-29(20-22-33)26-32(27-41-37-18-10-11-24-40-37)42-36-17-9-8-16-34(36)38(44)30-12-4-2-5-13-30/h2-22,24,32,42H,23,25-27H2,1H3,(H,40,41)/t32-/m0/s1. The molecule has 0 bridgehead atoms. The SMILES string of the molecule is Cc1oc(-c2ccccc2)nc1CCOc1ccc(C[C@@H](CNc2ccccn2)Nc2ccccc2C(=O)c2ccccc2)cc1. The summed E-state index contributed by atoms with van der Waals surface area (Å²) in [4.78, 5) is 22.5. The molecule has 0 aliphatic carbocycles. The van der Waals surface area contributed by atoms with Crippen molar-refractivity contribution in [3.63, 3.8) is 0 Å². The molecular formula is C39H36N4O3. The van der Waals surface area contributed by atoms with Crippen LogP contribution in [-0.4, -0.2) is 34.9 Å². The second-order valence-corrected chi connectivity index (χ2v) is 11.0. The first-order chi connectivity index (χ1) is 22.6. The number of pyridine rings is 1. The number of aromatic nitrogens is 2. The maximum absolute atomic E-state index is 13.4. The average Bonchev–Trinajstić information content (AvgIpc) is 3.49. The molecule has 7 heteroatoms. The number of carbonyl (C=O) groups is 1. The number of para-hydroxylation sites is 1. The molecule has 4 aromatic carbocycles. The van der Waals surface area contributed by atoms with E-state index in [2.05, 4.69) is 32.7 Å². The molecule has 0 radical (unpaired) electrons. The number of rotatable bonds is 14. The minimum absolute atomic E-state index is 0.0151. The number of nitrogens with zero attached hydrogens (tertiary/aromatic N) is 2. The molecule has 230 valence electrons. The zero-order valence-electron chi connectivity index (χ0n) is 25.7. The number of oxazole rings is 1. The van der Waals surface area contributed by atoms with Crippen molar-refractivity contribution in [2.45, 2.75) is 25.8 Å². The first-order valence-corrected chi connectivity index (χ1v) is 15.5. The molecule has 7 nitrogen and oxygen atoms in total. The lowest BCUT2D eigenvalue weighted by Crippen LogP contribution is -2.31. The van der Waals surface area contributed by atoms with E-state index in [1.807, 2.05) is 122 Å². The maximum Gasteiger partial charge on any atom is 0.226 e. The number of hydrogen-bond acceptors (Lipinski definition) is 7. The fourth-order valence-corrected chi connectivity index (χ4v) is 5.28. The molecule has 0 fully saturated rings. The lowest BCUT2D eigenvalue weighted by Gasteiger charge is -2.23. The number of aryl methyl sites for hydroxylation is 1. The molecule has 0 aliphatic rings. The van der Waals surface area contributed by atoms with E-state index < -0.39 is 0 Å². The Morgan fingerprint density at radius 2 is 1.54 bits per heavy atom. The van der Waals surface area contributed by atoms with Gasteiger partial charge in [-0.3, -0.25) is 4.79 Å². The van der Waals surface area contributed by atoms with Crippen molar-refractivity contribution in [3.8, 4) is 17.2 Å². The van der Waals surface area contributed by atoms with Gasteiger partial charge in [0.1, 0.15) is 17.3 Å². The molecule has 2 heterocycles. The first kappa shape index (κ1) is 30.3. The van der Waals surface area contributed by atoms with Gasteiger partial charge in [0.25, 0.3) is 0 Å². The molecule has 2 N–H and O–H groups in total. The van der Waals surface area contributed by atoms with Crippen molar-refractivity contribution in [3.05, 3.63) is 162 Å². The average molecular weight is 609 g/mol. The number of hydrogen-bond donors (Lipinski definition) is 2. The molecule has 0 spiro atoms. The molecule has 6 rings (SSSR count). The van der Waals surface area contributed by atoms with Crippen LogP contribution in [0.4, 0.5) is 11.5 Å². The molecule has 0 aliphatic heterocycles. The highest BCUT2D eigenvalue weighted by Crippen LogP contribution is 2.24. The fraction of sp³-hybridized carbons (Fsp3) is 0.154. The highest BCUT2D eigenvalue weighted by atomic mass is 16.5. The van der Waals surface area contributed by atoms with Gasteiger partial charge in [0.05, 0.1) is 12.3 Å². The number of anilines is 2. The van der Waals surface area contributed by atoms with Crippen LogP contribution in [0.15, 0.2) is 138 Å². The summed E-state index contributed by atoms with van der Waals surface area (Å²) in [5.41, 5.74) is 5.09. The molecule has 0 saturated carbocycles. The Morgan fingerprint density at radius 1 is 0.826 bits per heavy atom. The van der Waals surface area contributed by atoms with E-state index >= 15 is 0 Å². The molecule has 0 unspecified atom stereocenters. The van der Waals surface area contributed by atoms with Crippen molar-refractivity contribution in [1.82, 2.24) is 9.97 Å². The van der Waals surface area contributed by atoms with Crippen LogP contribution in [-0.2, 0) is 12.8 Å². The second-order valence-electron chi connectivity index (χ2n) is 11.0. The van der Waals surface area contributed by atoms with Crippen molar-refractivity contribution in [1.29, 1.82) is 0 Å². The number of benzene rings is 4. The van der Waals surface area contributed by atoms with Gasteiger partial charge in [-0.2, -0.15) is 0 Å². The van der Waals surface area contributed by atoms with Gasteiger partial charge < -0.3 is 19.8 Å². The summed E-state index contributed by atoms with van der Waals surface area (Å²) in [7, 11) is 0. The van der Waals surface area contributed by atoms with E-state index in [4.69, 9.17) is 9.15 Å². The summed E-state index contributed by atoms with van der Waals surface area (Å²) in [5.74, 6) is 3.01. The molecule has 1 atom stereocenters. The fourth-order valence-electron chi connectivity index (χ4n) is 5.28. The Bertz CT molecular complexity index is 1840. The van der Waals surface area contributed by atoms with E-state index in [9.17, 15) is 4.79 Å². The van der Waals surface area contributed by atoms with Gasteiger partial charge in [-0.25, -0.2) is 9.97 Å². The van der Waals surface area contributed by atoms with Crippen LogP contribution in [0.2, 0.25) is 0 Å². The monoisotopic (exact) mass is 608 g/mol. The minimum Gasteiger partial charge on any atom is -0.493 e. The van der Waals surface area contributed by atoms with Gasteiger partial charge in [-0.1, -0.05) is 78.9 Å². The summed E-state index contributed by atoms with van der Waals surface area (Å²) < 4.78 is 12.0. The summed E-state index contributed by atoms with van der Waals surface area (Å²) in [6.45, 7) is 3.03. The summed E-state index contributed by atoms with van der Waals surface area (Å²) in [6, 6.07) is 40.9. The topological polar surface area (TPSA) is 89.3 Å². The van der Waals surface area contributed by atoms with Gasteiger partial charge in [0.2, 0.25) is 5.89 Å². The predicted molar refractivity (Wildman–Crippen MR) is 182 cm³/mol. The van der Waals surface area contributed by atoms with Gasteiger partial charge in [-0.05, 0) is 67.4 Å². The summed E-state index contributed by atoms with van der Waals surface area (Å²) >= 11 is 0. The number of ketones is 1. The predicted octanol–water partition coefficient (Wildman–Crippen LogP) is 8.03. The smallest absolute Gasteiger partial charge is 0.226 e. The van der Waals surface area contributed by atoms with Crippen LogP contribution in [0.25, 0.3) is 11.5 Å². The van der Waals surface area contributed by atoms with Crippen LogP contribution < -0.4 is 15.4 Å². The molecular weight excluding hydrogens is 572 g/mol. The summed E-state index contributed by atoms with van der Waals surface area (Å²) in [5, 5.41) is 7.09. The number of carbonyl (C=O) groups excluding carboxylic acids is 1. The number of nitrogens with one attached hydrogen (secondary N) is 2. The Kier molecular flexibility index (Phi) is 9.80. The number of ether oxygens (including phenoxy) is 1. The lowest BCUT2D eigenvalue weighted by molar-refractivity contribution is 0.103. The van der Waals surface area contributed by atoms with Crippen LogP contribution in [0, 0.1) is 6.92 Å². The van der Waals surface area contributed by atoms with Crippen LogP contribution in [0.5, 0.6) is 5.75 Å². The highest BCUT2D eigenvalue weighted by molar-refractivity contribution is 6.12. The molecule has 0 amide bonds. The van der Waals surface area contributed by atoms with Crippen molar-refractivity contribution in [2.75, 3.05) is 23.8 Å². The second kappa shape index (κ2) is 14.9. The third kappa shape index (κ3) is 7.87. The Hall–Kier alpha value is -5.69. The van der Waals surface area contributed by atoms with Crippen LogP contribution in [0.1, 0.15) is 32.9 Å². The Labute approximate surface area is 269 Å². The van der Waals surface area contributed by atoms with E-state index in [0.29, 0.717) is 43.0 Å². The molecule has 46 heavy (non-hydrogen) atoms. The van der Waals surface area contributed by atoms with Gasteiger partial charge in [-0.15, -0.1) is 0 Å². The van der Waals surface area contributed by atoms with Gasteiger partial charge >= 0.3 is 0 Å². The van der Waals surface area contributed by atoms with E-state index in [-0.39, 0.29) is 11.8 Å². The largest absolute Gasteiger partial charge is 0.493 e. The molecule has 2 aromatic heterocycles. The van der Waals surface area contributed by atoms with Gasteiger partial charge in [0.15, 0.2) is 5.78 Å². The first-order valence-electron chi connectivity index (χ1n) is 15.5. The molecule has 0 saturated heterocycles. The summed E-state index contributed by atoms with van der Waals surface area (Å²) in [6.07, 6.45) is 3.13. The minimum atomic E-state index is -0.0348. The van der Waals surface area contributed by atoms with Gasteiger partial charge in [0, 0.05) is 47.6 Å². The Morgan fingerprint density at radius 3 is 2.30 bits per heavy atom. The lowest BCUT2D eigenvalue weighted by atomic mass is 10.00. The van der Waals surface area contributed by atoms with Crippen molar-refractivity contribution < 1.29 is 13.9 Å². The quantitative estimate of drug-likeness (QED) is 0.121. The van der Waals surface area contributed by atoms with E-state index in [1.54, 1.807) is 6.20 Å². The Balaban J connectivity index is 1.11. The van der Waals surface area contributed by atoms with Crippen molar-refractivity contribution >= 4 is 17.3 Å². The normalized spacial score (nSPS) is 11.5. The van der Waals surface area contributed by atoms with Crippen LogP contribution in [0.3, 0.4) is 0 Å². The third-order valence-electron chi connectivity index (χ3n) is 7.69. The zero-order valence-corrected chi connectivity index (χ0v) is 25.7. The van der Waals surface area contributed by atoms with Crippen molar-refractivity contribution in [2.24, 2.45) is 0 Å². The highest BCUT2D eigenvalue weighted by Gasteiger charge is 2.17. The van der Waals surface area contributed by atoms with E-state index in [0.717, 1.165) is 39.8 Å². The van der Waals surface area contributed by atoms with E-state index in [1.165, 1.54) is 0 Å². The molecule has 6 aromatic rings. The van der Waals surface area contributed by atoms with Crippen LogP contribution >= 0.6 is 0 Å². The zero-order chi connectivity index (χ0) is 31.6. The maximum atomic E-state index is 13.4.